The smallest absolute Gasteiger partial charge is 0.239 e. The van der Waals surface area contributed by atoms with E-state index < -0.39 is 0 Å². The fraction of sp³-hybridized carbons (Fsp3) is 0.476. The second kappa shape index (κ2) is 26.8. The van der Waals surface area contributed by atoms with Crippen LogP contribution in [0.15, 0.2) is 85.2 Å². The van der Waals surface area contributed by atoms with Crippen LogP contribution in [-0.2, 0) is 19.0 Å². The molecule has 6 aromatic rings. The second-order valence-corrected chi connectivity index (χ2v) is 22.6. The normalized spacial score (nSPS) is 21.7. The summed E-state index contributed by atoms with van der Waals surface area (Å²) in [5.74, 6) is 4.39. The van der Waals surface area contributed by atoms with Gasteiger partial charge in [0.15, 0.2) is 0 Å². The average molecular weight is 1160 g/mol. The number of nitrogens with one attached hydrogen (secondary N) is 2. The zero-order chi connectivity index (χ0) is 59.0. The summed E-state index contributed by atoms with van der Waals surface area (Å²) in [6.45, 7) is 17.2. The van der Waals surface area contributed by atoms with Crippen molar-refractivity contribution in [2.24, 2.45) is 0 Å². The Bertz CT molecular complexity index is 3370. The first-order valence-corrected chi connectivity index (χ1v) is 29.5. The van der Waals surface area contributed by atoms with Crippen molar-refractivity contribution in [3.05, 3.63) is 96.3 Å². The van der Waals surface area contributed by atoms with Crippen molar-refractivity contribution in [1.82, 2.24) is 39.7 Å². The Morgan fingerprint density at radius 2 is 0.965 bits per heavy atom. The Balaban J connectivity index is 0.000000177. The van der Waals surface area contributed by atoms with E-state index in [9.17, 15) is 15.3 Å². The Labute approximate surface area is 496 Å². The van der Waals surface area contributed by atoms with Gasteiger partial charge in [0.2, 0.25) is 23.7 Å². The Hall–Kier alpha value is -8.25. The second-order valence-electron chi connectivity index (χ2n) is 22.6. The number of rotatable bonds is 16. The van der Waals surface area contributed by atoms with Gasteiger partial charge in [-0.05, 0) is 113 Å². The van der Waals surface area contributed by atoms with Gasteiger partial charge in [-0.25, -0.2) is 19.9 Å². The highest BCUT2D eigenvalue weighted by molar-refractivity contribution is 5.79. The maximum Gasteiger partial charge on any atom is 0.239 e. The number of anilines is 6. The number of pyridine rings is 2. The molecular formula is C63H74N14O8. The van der Waals surface area contributed by atoms with Crippen LogP contribution >= 0.6 is 0 Å². The summed E-state index contributed by atoms with van der Waals surface area (Å²) >= 11 is 0. The van der Waals surface area contributed by atoms with Crippen LogP contribution in [0, 0.1) is 22.7 Å². The maximum atomic E-state index is 11.6. The van der Waals surface area contributed by atoms with Gasteiger partial charge in [0.1, 0.15) is 58.5 Å². The SMILES string of the molecule is COc1nc(Nc2nccc(-c3ccc(OC4CCC(=O)CC4)c(C#N)c3)n2)ccc1N1CC(C)N(C2COC2)C(C)C1.COc1nc(Nc2nccc(-c3ccc(OC4CCOCC4)c(C#N)c3)n2)ccc1N1CC(C)N(C2COC2)C(C)C1. The van der Waals surface area contributed by atoms with Crippen LogP contribution in [-0.4, -0.2) is 174 Å². The lowest BCUT2D eigenvalue weighted by Gasteiger charge is -2.51. The number of carbonyl (C=O) groups is 1. The fourth-order valence-corrected chi connectivity index (χ4v) is 12.4. The number of carbonyl (C=O) groups excluding carboxylic acids is 1. The third kappa shape index (κ3) is 13.6. The van der Waals surface area contributed by atoms with E-state index in [1.54, 1.807) is 50.9 Å². The molecule has 1 saturated carbocycles. The molecule has 6 aliphatic rings. The molecular weight excluding hydrogens is 1080 g/mol. The molecule has 0 bridgehead atoms. The van der Waals surface area contributed by atoms with Crippen LogP contribution in [0.2, 0.25) is 0 Å². The molecule has 6 fully saturated rings. The molecule has 2 aromatic carbocycles. The number of piperazine rings is 2. The number of methoxy groups -OCH3 is 2. The largest absolute Gasteiger partial charge is 0.489 e. The molecule has 1 aliphatic carbocycles. The third-order valence-electron chi connectivity index (χ3n) is 16.6. The number of Topliss-reactive ketones (excluding diaryl/α,β-unsaturated/α-hetero) is 1. The Kier molecular flexibility index (Phi) is 18.4. The zero-order valence-corrected chi connectivity index (χ0v) is 49.1. The van der Waals surface area contributed by atoms with Crippen LogP contribution < -0.4 is 39.4 Å². The minimum absolute atomic E-state index is 0.0553. The molecule has 5 aliphatic heterocycles. The van der Waals surface area contributed by atoms with E-state index >= 15 is 0 Å². The summed E-state index contributed by atoms with van der Waals surface area (Å²) in [6, 6.07) is 29.6. The van der Waals surface area contributed by atoms with Gasteiger partial charge >= 0.3 is 0 Å². The molecule has 85 heavy (non-hydrogen) atoms. The molecule has 4 unspecified atom stereocenters. The number of nitriles is 2. The number of nitrogens with zero attached hydrogens (tertiary/aromatic N) is 12. The van der Waals surface area contributed by atoms with Crippen molar-refractivity contribution in [3.8, 4) is 57.9 Å². The molecule has 12 rings (SSSR count). The molecule has 5 saturated heterocycles. The Morgan fingerprint density at radius 1 is 0.541 bits per heavy atom. The van der Waals surface area contributed by atoms with Crippen molar-refractivity contribution >= 4 is 40.7 Å². The summed E-state index contributed by atoms with van der Waals surface area (Å²) in [7, 11) is 3.28. The van der Waals surface area contributed by atoms with Crippen LogP contribution in [0.5, 0.6) is 23.3 Å². The van der Waals surface area contributed by atoms with Gasteiger partial charge in [0.25, 0.3) is 0 Å². The molecule has 22 heteroatoms. The highest BCUT2D eigenvalue weighted by Crippen LogP contribution is 2.37. The average Bonchev–Trinajstić information content (AvgIpc) is 3.23. The zero-order valence-electron chi connectivity index (χ0n) is 49.1. The van der Waals surface area contributed by atoms with E-state index in [0.717, 1.165) is 87.9 Å². The van der Waals surface area contributed by atoms with Crippen LogP contribution in [0.3, 0.4) is 0 Å². The molecule has 444 valence electrons. The van der Waals surface area contributed by atoms with Crippen molar-refractivity contribution < 1.29 is 38.0 Å². The number of ketones is 1. The van der Waals surface area contributed by atoms with E-state index in [1.165, 1.54) is 0 Å². The van der Waals surface area contributed by atoms with Crippen molar-refractivity contribution in [2.45, 2.75) is 115 Å². The van der Waals surface area contributed by atoms with Gasteiger partial charge in [-0.3, -0.25) is 14.6 Å². The highest BCUT2D eigenvalue weighted by Gasteiger charge is 2.40. The molecule has 22 nitrogen and oxygen atoms in total. The summed E-state index contributed by atoms with van der Waals surface area (Å²) < 4.78 is 39.9. The molecule has 0 amide bonds. The number of hydrogen-bond acceptors (Lipinski definition) is 22. The van der Waals surface area contributed by atoms with E-state index in [-0.39, 0.29) is 18.0 Å². The lowest BCUT2D eigenvalue weighted by atomic mass is 9.96. The minimum Gasteiger partial charge on any atom is -0.489 e. The number of hydrogen-bond donors (Lipinski definition) is 2. The van der Waals surface area contributed by atoms with Gasteiger partial charge < -0.3 is 53.6 Å². The standard InChI is InChI=1S/C32H37N7O4.C31H37N7O4/c1-20-16-38(17-21(2)39(20)24-18-42-19-24)28-9-11-30(36-31(28)41-3)37-32-34-13-12-27(35-32)22-4-10-29(23(14-22)15-33)43-26-7-5-25(40)6-8-26;1-20-16-37(17-21(2)38(20)24-18-41-19-24)27-5-7-29(35-30(27)39-3)36-31-33-11-8-26(34-31)22-4-6-28(23(14-22)15-32)42-25-9-12-40-13-10-25/h4,9-14,20-21,24,26H,5-8,16-19H2,1-3H3,(H,34,35,36,37);4-8,11,14,20-21,24-25H,9-10,12-13,16-19H2,1-3H3,(H,33,34,35,36). The predicted molar refractivity (Wildman–Crippen MR) is 320 cm³/mol. The van der Waals surface area contributed by atoms with E-state index in [1.807, 2.05) is 48.5 Å². The molecule has 0 spiro atoms. The van der Waals surface area contributed by atoms with Gasteiger partial charge in [0.05, 0.1) is 94.6 Å². The first-order valence-electron chi connectivity index (χ1n) is 29.5. The predicted octanol–water partition coefficient (Wildman–Crippen LogP) is 8.37. The van der Waals surface area contributed by atoms with Gasteiger partial charge in [-0.15, -0.1) is 0 Å². The van der Waals surface area contributed by atoms with Crippen molar-refractivity contribution in [3.63, 3.8) is 0 Å². The van der Waals surface area contributed by atoms with Crippen LogP contribution in [0.4, 0.5) is 34.9 Å². The van der Waals surface area contributed by atoms with Crippen molar-refractivity contribution in [1.29, 1.82) is 10.5 Å². The van der Waals surface area contributed by atoms with E-state index in [4.69, 9.17) is 43.1 Å². The minimum atomic E-state index is -0.0553. The lowest BCUT2D eigenvalue weighted by molar-refractivity contribution is -0.121. The fourth-order valence-electron chi connectivity index (χ4n) is 12.4. The quantitative estimate of drug-likeness (QED) is 0.0924. The van der Waals surface area contributed by atoms with E-state index in [2.05, 4.69) is 90.0 Å². The van der Waals surface area contributed by atoms with Gasteiger partial charge in [-0.1, -0.05) is 0 Å². The highest BCUT2D eigenvalue weighted by atomic mass is 16.5. The number of benzene rings is 2. The number of aromatic nitrogens is 6. The monoisotopic (exact) mass is 1150 g/mol. The molecule has 2 N–H and O–H groups in total. The molecule has 0 radical (unpaired) electrons. The first-order chi connectivity index (χ1) is 41.4. The topological polar surface area (TPSA) is 244 Å². The van der Waals surface area contributed by atoms with Gasteiger partial charge in [-0.2, -0.15) is 20.5 Å². The van der Waals surface area contributed by atoms with Crippen LogP contribution in [0.25, 0.3) is 22.5 Å². The summed E-state index contributed by atoms with van der Waals surface area (Å²) in [6.07, 6.45) is 7.39. The Morgan fingerprint density at radius 3 is 1.35 bits per heavy atom. The summed E-state index contributed by atoms with van der Waals surface area (Å²) in [4.78, 5) is 49.0. The summed E-state index contributed by atoms with van der Waals surface area (Å²) in [5.41, 5.74) is 5.73. The number of ether oxygens (including phenoxy) is 7. The molecule has 4 atom stereocenters. The molecule has 4 aromatic heterocycles. The third-order valence-corrected chi connectivity index (χ3v) is 16.6. The molecule has 9 heterocycles. The van der Waals surface area contributed by atoms with E-state index in [0.29, 0.717) is 144 Å². The van der Waals surface area contributed by atoms with Gasteiger partial charge in [0, 0.05) is 99.6 Å². The maximum absolute atomic E-state index is 11.6. The van der Waals surface area contributed by atoms with Crippen LogP contribution in [0.1, 0.15) is 77.3 Å². The lowest BCUT2D eigenvalue weighted by Crippen LogP contribution is -2.64. The first kappa shape index (κ1) is 58.5. The van der Waals surface area contributed by atoms with Crippen molar-refractivity contribution in [2.75, 3.05) is 100 Å². The summed E-state index contributed by atoms with van der Waals surface area (Å²) in [5, 5.41) is 26.0.